The fourth-order valence-electron chi connectivity index (χ4n) is 2.44. The van der Waals surface area contributed by atoms with Gasteiger partial charge in [-0.15, -0.1) is 0 Å². The van der Waals surface area contributed by atoms with Crippen LogP contribution in [0.1, 0.15) is 20.3 Å². The highest BCUT2D eigenvalue weighted by molar-refractivity contribution is 5.79. The van der Waals surface area contributed by atoms with Crippen LogP contribution in [0.3, 0.4) is 0 Å². The van der Waals surface area contributed by atoms with Crippen LogP contribution in [0.2, 0.25) is 0 Å². The molecule has 1 aliphatic rings. The van der Waals surface area contributed by atoms with E-state index in [1.165, 1.54) is 0 Å². The molecule has 0 saturated carbocycles. The zero-order chi connectivity index (χ0) is 15.9. The zero-order valence-electron chi connectivity index (χ0n) is 13.3. The highest BCUT2D eigenvalue weighted by Gasteiger charge is 2.24. The highest BCUT2D eigenvalue weighted by atomic mass is 16.5. The Balaban J connectivity index is 1.74. The van der Waals surface area contributed by atoms with Gasteiger partial charge in [-0.25, -0.2) is 0 Å². The average Bonchev–Trinajstić information content (AvgIpc) is 2.53. The van der Waals surface area contributed by atoms with Gasteiger partial charge >= 0.3 is 0 Å². The van der Waals surface area contributed by atoms with E-state index in [2.05, 4.69) is 0 Å². The Kier molecular flexibility index (Phi) is 5.81. The summed E-state index contributed by atoms with van der Waals surface area (Å²) >= 11 is 0. The Hall–Kier alpha value is -2.04. The predicted molar refractivity (Wildman–Crippen MR) is 84.6 cm³/mol. The van der Waals surface area contributed by atoms with Crippen molar-refractivity contribution in [2.75, 3.05) is 32.8 Å². The van der Waals surface area contributed by atoms with Crippen LogP contribution in [0, 0.1) is 5.92 Å². The van der Waals surface area contributed by atoms with Gasteiger partial charge in [0.15, 0.2) is 6.61 Å². The predicted octanol–water partition coefficient (Wildman–Crippen LogP) is 1.78. The quantitative estimate of drug-likeness (QED) is 0.833. The Morgan fingerprint density at radius 1 is 1.00 bits per heavy atom. The molecule has 120 valence electrons. The summed E-state index contributed by atoms with van der Waals surface area (Å²) in [7, 11) is 0. The second-order valence-corrected chi connectivity index (χ2v) is 5.96. The smallest absolute Gasteiger partial charge is 0.260 e. The fraction of sp³-hybridized carbons (Fsp3) is 0.529. The van der Waals surface area contributed by atoms with Gasteiger partial charge in [-0.05, 0) is 18.1 Å². The Morgan fingerprint density at radius 2 is 1.55 bits per heavy atom. The molecule has 1 saturated heterocycles. The van der Waals surface area contributed by atoms with Crippen molar-refractivity contribution < 1.29 is 14.3 Å². The summed E-state index contributed by atoms with van der Waals surface area (Å²) in [6.45, 7) is 6.52. The first-order chi connectivity index (χ1) is 10.6. The standard InChI is InChI=1S/C17H24N2O3/c1-14(2)12-16(20)18-8-10-19(11-9-18)17(21)13-22-15-6-4-3-5-7-15/h3-7,14H,8-13H2,1-2H3. The highest BCUT2D eigenvalue weighted by Crippen LogP contribution is 2.10. The summed E-state index contributed by atoms with van der Waals surface area (Å²) in [5.41, 5.74) is 0. The van der Waals surface area contributed by atoms with E-state index in [-0.39, 0.29) is 18.4 Å². The van der Waals surface area contributed by atoms with Crippen LogP contribution in [0.25, 0.3) is 0 Å². The van der Waals surface area contributed by atoms with Crippen LogP contribution >= 0.6 is 0 Å². The molecule has 22 heavy (non-hydrogen) atoms. The molecule has 1 aromatic rings. The van der Waals surface area contributed by atoms with E-state index in [0.29, 0.717) is 44.3 Å². The van der Waals surface area contributed by atoms with E-state index in [9.17, 15) is 9.59 Å². The molecule has 0 N–H and O–H groups in total. The molecule has 0 aromatic heterocycles. The largest absolute Gasteiger partial charge is 0.484 e. The van der Waals surface area contributed by atoms with Gasteiger partial charge in [-0.3, -0.25) is 9.59 Å². The van der Waals surface area contributed by atoms with Crippen LogP contribution in [-0.2, 0) is 9.59 Å². The second kappa shape index (κ2) is 7.82. The number of hydrogen-bond acceptors (Lipinski definition) is 3. The number of benzene rings is 1. The summed E-state index contributed by atoms with van der Waals surface area (Å²) in [4.78, 5) is 27.7. The third-order valence-corrected chi connectivity index (χ3v) is 3.67. The molecular weight excluding hydrogens is 280 g/mol. The van der Waals surface area contributed by atoms with Gasteiger partial charge < -0.3 is 14.5 Å². The lowest BCUT2D eigenvalue weighted by Gasteiger charge is -2.35. The minimum absolute atomic E-state index is 0.0280. The van der Waals surface area contributed by atoms with E-state index < -0.39 is 0 Å². The lowest BCUT2D eigenvalue weighted by Crippen LogP contribution is -2.51. The number of ether oxygens (including phenoxy) is 1. The van der Waals surface area contributed by atoms with Gasteiger partial charge in [-0.1, -0.05) is 32.0 Å². The molecule has 1 fully saturated rings. The molecule has 0 spiro atoms. The van der Waals surface area contributed by atoms with Crippen molar-refractivity contribution in [2.24, 2.45) is 5.92 Å². The number of carbonyl (C=O) groups is 2. The van der Waals surface area contributed by atoms with Gasteiger partial charge in [0.1, 0.15) is 5.75 Å². The summed E-state index contributed by atoms with van der Waals surface area (Å²) in [5, 5.41) is 0. The van der Waals surface area contributed by atoms with Crippen molar-refractivity contribution >= 4 is 11.8 Å². The van der Waals surface area contributed by atoms with Gasteiger partial charge in [0.25, 0.3) is 5.91 Å². The molecule has 5 nitrogen and oxygen atoms in total. The first kappa shape index (κ1) is 16.3. The van der Waals surface area contributed by atoms with Crippen LogP contribution in [0.15, 0.2) is 30.3 Å². The summed E-state index contributed by atoms with van der Waals surface area (Å²) in [6, 6.07) is 9.31. The first-order valence-electron chi connectivity index (χ1n) is 7.79. The van der Waals surface area contributed by atoms with E-state index >= 15 is 0 Å². The molecule has 0 aliphatic carbocycles. The Bertz CT molecular complexity index is 494. The molecular formula is C17H24N2O3. The first-order valence-corrected chi connectivity index (χ1v) is 7.79. The van der Waals surface area contributed by atoms with E-state index in [4.69, 9.17) is 4.74 Å². The molecule has 1 aromatic carbocycles. The molecule has 5 heteroatoms. The summed E-state index contributed by atoms with van der Waals surface area (Å²) in [5.74, 6) is 1.22. The average molecular weight is 304 g/mol. The van der Waals surface area contributed by atoms with E-state index in [1.54, 1.807) is 4.90 Å². The fourth-order valence-corrected chi connectivity index (χ4v) is 2.44. The lowest BCUT2D eigenvalue weighted by atomic mass is 10.1. The number of hydrogen-bond donors (Lipinski definition) is 0. The lowest BCUT2D eigenvalue weighted by molar-refractivity contribution is -0.141. The molecule has 0 unspecified atom stereocenters. The normalized spacial score (nSPS) is 15.0. The Morgan fingerprint density at radius 3 is 2.09 bits per heavy atom. The van der Waals surface area contributed by atoms with Crippen LogP contribution in [0.4, 0.5) is 0 Å². The molecule has 1 aliphatic heterocycles. The van der Waals surface area contributed by atoms with Gasteiger partial charge in [0, 0.05) is 32.6 Å². The molecule has 2 rings (SSSR count). The number of carbonyl (C=O) groups excluding carboxylic acids is 2. The van der Waals surface area contributed by atoms with Gasteiger partial charge in [-0.2, -0.15) is 0 Å². The van der Waals surface area contributed by atoms with Crippen molar-refractivity contribution in [3.05, 3.63) is 30.3 Å². The number of amides is 2. The number of piperazine rings is 1. The third kappa shape index (κ3) is 4.76. The molecule has 2 amide bonds. The molecule has 1 heterocycles. The number of nitrogens with zero attached hydrogens (tertiary/aromatic N) is 2. The zero-order valence-corrected chi connectivity index (χ0v) is 13.3. The minimum atomic E-state index is -0.0280. The Labute approximate surface area is 131 Å². The van der Waals surface area contributed by atoms with Crippen molar-refractivity contribution in [1.29, 1.82) is 0 Å². The summed E-state index contributed by atoms with van der Waals surface area (Å²) < 4.78 is 5.48. The van der Waals surface area contributed by atoms with Crippen molar-refractivity contribution in [2.45, 2.75) is 20.3 Å². The minimum Gasteiger partial charge on any atom is -0.484 e. The SMILES string of the molecule is CC(C)CC(=O)N1CCN(C(=O)COc2ccccc2)CC1. The van der Waals surface area contributed by atoms with Crippen molar-refractivity contribution in [1.82, 2.24) is 9.80 Å². The van der Waals surface area contributed by atoms with Crippen molar-refractivity contribution in [3.63, 3.8) is 0 Å². The van der Waals surface area contributed by atoms with Crippen molar-refractivity contribution in [3.8, 4) is 5.75 Å². The van der Waals surface area contributed by atoms with Crippen LogP contribution < -0.4 is 4.74 Å². The number of rotatable bonds is 5. The summed E-state index contributed by atoms with van der Waals surface area (Å²) in [6.07, 6.45) is 0.574. The topological polar surface area (TPSA) is 49.9 Å². The van der Waals surface area contributed by atoms with Gasteiger partial charge in [0.05, 0.1) is 0 Å². The van der Waals surface area contributed by atoms with Gasteiger partial charge in [0.2, 0.25) is 5.91 Å². The molecule has 0 bridgehead atoms. The molecule has 0 radical (unpaired) electrons. The maximum atomic E-state index is 12.1. The van der Waals surface area contributed by atoms with Crippen LogP contribution in [0.5, 0.6) is 5.75 Å². The monoisotopic (exact) mass is 304 g/mol. The maximum absolute atomic E-state index is 12.1. The van der Waals surface area contributed by atoms with E-state index in [1.807, 2.05) is 49.1 Å². The third-order valence-electron chi connectivity index (χ3n) is 3.67. The van der Waals surface area contributed by atoms with E-state index in [0.717, 1.165) is 0 Å². The maximum Gasteiger partial charge on any atom is 0.260 e. The van der Waals surface area contributed by atoms with Crippen LogP contribution in [-0.4, -0.2) is 54.4 Å². The second-order valence-electron chi connectivity index (χ2n) is 5.96. The number of para-hydroxylation sites is 1. The molecule has 0 atom stereocenters.